The second kappa shape index (κ2) is 6.34. The number of hydrogen-bond donors (Lipinski definition) is 2. The summed E-state index contributed by atoms with van der Waals surface area (Å²) < 4.78 is 26.9. The molecule has 0 aliphatic rings. The normalized spacial score (nSPS) is 13.1. The Morgan fingerprint density at radius 3 is 2.55 bits per heavy atom. The van der Waals surface area contributed by atoms with Crippen molar-refractivity contribution in [1.29, 1.82) is 0 Å². The maximum atomic E-state index is 12.2. The molecule has 0 saturated heterocycles. The van der Waals surface area contributed by atoms with Crippen molar-refractivity contribution in [3.63, 3.8) is 0 Å². The van der Waals surface area contributed by atoms with Gasteiger partial charge in [0, 0.05) is 36.8 Å². The molecule has 2 N–H and O–H groups in total. The number of sulfonamides is 1. The molecule has 1 unspecified atom stereocenters. The van der Waals surface area contributed by atoms with E-state index < -0.39 is 10.0 Å². The number of thiazole rings is 1. The van der Waals surface area contributed by atoms with Crippen molar-refractivity contribution >= 4 is 27.0 Å². The van der Waals surface area contributed by atoms with Gasteiger partial charge < -0.3 is 5.32 Å². The number of aromatic nitrogens is 1. The molecule has 108 valence electrons. The van der Waals surface area contributed by atoms with E-state index in [1.807, 2.05) is 12.3 Å². The van der Waals surface area contributed by atoms with Crippen LogP contribution in [-0.4, -0.2) is 27.0 Å². The zero-order valence-electron chi connectivity index (χ0n) is 11.3. The first kappa shape index (κ1) is 15.0. The van der Waals surface area contributed by atoms with Crippen molar-refractivity contribution in [2.75, 3.05) is 18.9 Å². The SMILES string of the molecule is CNc1ccc(S(=O)(=O)NCC(C)c2nccs2)cc1. The maximum absolute atomic E-state index is 12.2. The van der Waals surface area contributed by atoms with Crippen LogP contribution in [0.5, 0.6) is 0 Å². The summed E-state index contributed by atoms with van der Waals surface area (Å²) in [5, 5.41) is 5.77. The van der Waals surface area contributed by atoms with Crippen LogP contribution in [0.4, 0.5) is 5.69 Å². The Hall–Kier alpha value is -1.44. The van der Waals surface area contributed by atoms with Crippen molar-refractivity contribution < 1.29 is 8.42 Å². The number of nitrogens with one attached hydrogen (secondary N) is 2. The number of benzene rings is 1. The predicted octanol–water partition coefficient (Wildman–Crippen LogP) is 2.27. The van der Waals surface area contributed by atoms with E-state index in [0.717, 1.165) is 10.7 Å². The second-order valence-electron chi connectivity index (χ2n) is 4.40. The van der Waals surface area contributed by atoms with Crippen LogP contribution in [-0.2, 0) is 10.0 Å². The van der Waals surface area contributed by atoms with Crippen molar-refractivity contribution in [2.24, 2.45) is 0 Å². The van der Waals surface area contributed by atoms with Gasteiger partial charge in [-0.15, -0.1) is 11.3 Å². The van der Waals surface area contributed by atoms with Gasteiger partial charge in [0.2, 0.25) is 10.0 Å². The van der Waals surface area contributed by atoms with Crippen LogP contribution in [0.2, 0.25) is 0 Å². The van der Waals surface area contributed by atoms with Crippen molar-refractivity contribution in [3.8, 4) is 0 Å². The fourth-order valence-corrected chi connectivity index (χ4v) is 3.51. The Balaban J connectivity index is 2.03. The Kier molecular flexibility index (Phi) is 4.74. The molecule has 0 saturated carbocycles. The van der Waals surface area contributed by atoms with Crippen LogP contribution in [0.3, 0.4) is 0 Å². The van der Waals surface area contributed by atoms with Gasteiger partial charge in [-0.05, 0) is 24.3 Å². The van der Waals surface area contributed by atoms with Gasteiger partial charge >= 0.3 is 0 Å². The molecule has 7 heteroatoms. The third-order valence-electron chi connectivity index (χ3n) is 2.91. The van der Waals surface area contributed by atoms with Gasteiger partial charge in [-0.2, -0.15) is 0 Å². The van der Waals surface area contributed by atoms with Crippen LogP contribution in [0.25, 0.3) is 0 Å². The Labute approximate surface area is 123 Å². The van der Waals surface area contributed by atoms with Gasteiger partial charge in [-0.1, -0.05) is 6.92 Å². The van der Waals surface area contributed by atoms with E-state index in [9.17, 15) is 8.42 Å². The molecule has 0 radical (unpaired) electrons. The smallest absolute Gasteiger partial charge is 0.240 e. The average molecular weight is 311 g/mol. The highest BCUT2D eigenvalue weighted by atomic mass is 32.2. The van der Waals surface area contributed by atoms with E-state index >= 15 is 0 Å². The number of hydrogen-bond acceptors (Lipinski definition) is 5. The lowest BCUT2D eigenvalue weighted by Crippen LogP contribution is -2.27. The molecule has 1 aromatic carbocycles. The van der Waals surface area contributed by atoms with Crippen molar-refractivity contribution in [1.82, 2.24) is 9.71 Å². The molecule has 20 heavy (non-hydrogen) atoms. The minimum atomic E-state index is -3.47. The first-order valence-electron chi connectivity index (χ1n) is 6.20. The average Bonchev–Trinajstić information content (AvgIpc) is 2.99. The third-order valence-corrected chi connectivity index (χ3v) is 5.35. The summed E-state index contributed by atoms with van der Waals surface area (Å²) in [6.07, 6.45) is 1.72. The molecule has 2 rings (SSSR count). The zero-order valence-corrected chi connectivity index (χ0v) is 13.0. The molecule has 0 aliphatic carbocycles. The first-order chi connectivity index (χ1) is 9.53. The monoisotopic (exact) mass is 311 g/mol. The van der Waals surface area contributed by atoms with Crippen LogP contribution in [0.15, 0.2) is 40.7 Å². The van der Waals surface area contributed by atoms with Crippen molar-refractivity contribution in [2.45, 2.75) is 17.7 Å². The molecular formula is C13H17N3O2S2. The van der Waals surface area contributed by atoms with Crippen LogP contribution in [0, 0.1) is 0 Å². The highest BCUT2D eigenvalue weighted by molar-refractivity contribution is 7.89. The molecule has 0 amide bonds. The minimum absolute atomic E-state index is 0.0568. The first-order valence-corrected chi connectivity index (χ1v) is 8.56. The molecule has 0 aliphatic heterocycles. The summed E-state index contributed by atoms with van der Waals surface area (Å²) in [4.78, 5) is 4.45. The summed E-state index contributed by atoms with van der Waals surface area (Å²) in [6, 6.07) is 6.64. The number of nitrogens with zero attached hydrogens (tertiary/aromatic N) is 1. The van der Waals surface area contributed by atoms with Gasteiger partial charge in [-0.3, -0.25) is 0 Å². The van der Waals surface area contributed by atoms with Crippen LogP contribution in [0.1, 0.15) is 17.8 Å². The summed E-state index contributed by atoms with van der Waals surface area (Å²) in [7, 11) is -1.68. The van der Waals surface area contributed by atoms with Crippen LogP contribution < -0.4 is 10.0 Å². The maximum Gasteiger partial charge on any atom is 0.240 e. The molecule has 2 aromatic rings. The van der Waals surface area contributed by atoms with E-state index in [1.54, 1.807) is 37.5 Å². The molecule has 0 bridgehead atoms. The van der Waals surface area contributed by atoms with E-state index in [-0.39, 0.29) is 10.8 Å². The molecule has 5 nitrogen and oxygen atoms in total. The fourth-order valence-electron chi connectivity index (χ4n) is 1.68. The minimum Gasteiger partial charge on any atom is -0.388 e. The standard InChI is InChI=1S/C13H17N3O2S2/c1-10(13-15-7-8-19-13)9-16-20(17,18)12-5-3-11(14-2)4-6-12/h3-8,10,14,16H,9H2,1-2H3. The van der Waals surface area contributed by atoms with Gasteiger partial charge in [0.25, 0.3) is 0 Å². The Morgan fingerprint density at radius 1 is 1.30 bits per heavy atom. The summed E-state index contributed by atoms with van der Waals surface area (Å²) >= 11 is 1.53. The van der Waals surface area contributed by atoms with E-state index in [4.69, 9.17) is 0 Å². The summed E-state index contributed by atoms with van der Waals surface area (Å²) in [5.41, 5.74) is 0.875. The van der Waals surface area contributed by atoms with Gasteiger partial charge in [0.1, 0.15) is 0 Å². The lowest BCUT2D eigenvalue weighted by atomic mass is 10.2. The lowest BCUT2D eigenvalue weighted by Gasteiger charge is -2.11. The quantitative estimate of drug-likeness (QED) is 0.858. The number of rotatable bonds is 6. The van der Waals surface area contributed by atoms with Crippen molar-refractivity contribution in [3.05, 3.63) is 40.8 Å². The molecular weight excluding hydrogens is 294 g/mol. The van der Waals surface area contributed by atoms with Crippen LogP contribution >= 0.6 is 11.3 Å². The predicted molar refractivity (Wildman–Crippen MR) is 81.7 cm³/mol. The van der Waals surface area contributed by atoms with E-state index in [0.29, 0.717) is 6.54 Å². The largest absolute Gasteiger partial charge is 0.388 e. The molecule has 1 aromatic heterocycles. The van der Waals surface area contributed by atoms with E-state index in [2.05, 4.69) is 15.0 Å². The molecule has 0 spiro atoms. The Morgan fingerprint density at radius 2 is 2.00 bits per heavy atom. The third kappa shape index (κ3) is 3.56. The topological polar surface area (TPSA) is 71.1 Å². The molecule has 1 heterocycles. The highest BCUT2D eigenvalue weighted by Crippen LogP contribution is 2.18. The van der Waals surface area contributed by atoms with E-state index in [1.165, 1.54) is 11.3 Å². The highest BCUT2D eigenvalue weighted by Gasteiger charge is 2.16. The van der Waals surface area contributed by atoms with Gasteiger partial charge in [-0.25, -0.2) is 18.1 Å². The second-order valence-corrected chi connectivity index (χ2v) is 7.09. The molecule has 1 atom stereocenters. The Bertz CT molecular complexity index is 637. The summed E-state index contributed by atoms with van der Waals surface area (Å²) in [6.45, 7) is 2.29. The summed E-state index contributed by atoms with van der Waals surface area (Å²) in [5.74, 6) is 0.0568. The molecule has 0 fully saturated rings. The zero-order chi connectivity index (χ0) is 14.6. The van der Waals surface area contributed by atoms with Gasteiger partial charge in [0.05, 0.1) is 9.90 Å². The lowest BCUT2D eigenvalue weighted by molar-refractivity contribution is 0.574. The fraction of sp³-hybridized carbons (Fsp3) is 0.308. The van der Waals surface area contributed by atoms with Gasteiger partial charge in [0.15, 0.2) is 0 Å². The number of anilines is 1.